The van der Waals surface area contributed by atoms with Crippen molar-refractivity contribution in [2.24, 2.45) is 22.9 Å². The molecule has 9 nitrogen and oxygen atoms in total. The molecule has 0 radical (unpaired) electrons. The Morgan fingerprint density at radius 2 is 1.48 bits per heavy atom. The van der Waals surface area contributed by atoms with Gasteiger partial charge in [0.2, 0.25) is 0 Å². The molecule has 1 heterocycles. The summed E-state index contributed by atoms with van der Waals surface area (Å²) in [6.45, 7) is 25.0. The lowest BCUT2D eigenvalue weighted by Crippen LogP contribution is -2.68. The molecular formula is C49H71N3O6Si2. The Balaban J connectivity index is 1.86. The van der Waals surface area contributed by atoms with Crippen LogP contribution in [0, 0.1) is 17.8 Å². The molecule has 4 rings (SSSR count). The fourth-order valence-electron chi connectivity index (χ4n) is 8.14. The minimum absolute atomic E-state index is 0.0281. The van der Waals surface area contributed by atoms with Gasteiger partial charge in [0.15, 0.2) is 8.32 Å². The van der Waals surface area contributed by atoms with E-state index in [0.29, 0.717) is 36.4 Å². The molecular weight excluding hydrogens is 783 g/mol. The highest BCUT2D eigenvalue weighted by Gasteiger charge is 2.52. The number of azide groups is 1. The molecule has 3 aromatic rings. The summed E-state index contributed by atoms with van der Waals surface area (Å²) in [6.07, 6.45) is 9.83. The smallest absolute Gasteiger partial charge is 0.342 e. The number of rotatable bonds is 15. The van der Waals surface area contributed by atoms with Gasteiger partial charge in [-0.1, -0.05) is 152 Å². The number of methoxy groups -OCH3 is 2. The zero-order valence-corrected chi connectivity index (χ0v) is 40.5. The van der Waals surface area contributed by atoms with Gasteiger partial charge < -0.3 is 23.1 Å². The van der Waals surface area contributed by atoms with Crippen LogP contribution in [0.1, 0.15) is 97.5 Å². The molecule has 3 aromatic carbocycles. The predicted octanol–water partition coefficient (Wildman–Crippen LogP) is 11.6. The molecule has 0 amide bonds. The molecule has 0 fully saturated rings. The van der Waals surface area contributed by atoms with E-state index in [1.807, 2.05) is 12.1 Å². The second kappa shape index (κ2) is 21.1. The molecule has 11 heteroatoms. The number of carbonyl (C=O) groups excluding carboxylic acids is 1. The Labute approximate surface area is 362 Å². The molecule has 326 valence electrons. The minimum atomic E-state index is -2.99. The number of hydrogen-bond donors (Lipinski definition) is 0. The summed E-state index contributed by atoms with van der Waals surface area (Å²) in [4.78, 5) is 17.8. The summed E-state index contributed by atoms with van der Waals surface area (Å²) in [5.74, 6) is 0.556. The van der Waals surface area contributed by atoms with Gasteiger partial charge in [-0.15, -0.1) is 0 Å². The van der Waals surface area contributed by atoms with Crippen LogP contribution in [0.4, 0.5) is 0 Å². The first-order chi connectivity index (χ1) is 28.3. The van der Waals surface area contributed by atoms with Gasteiger partial charge in [0.25, 0.3) is 8.32 Å². The Kier molecular flexibility index (Phi) is 17.1. The van der Waals surface area contributed by atoms with Crippen LogP contribution in [0.3, 0.4) is 0 Å². The van der Waals surface area contributed by atoms with E-state index in [4.69, 9.17) is 28.6 Å². The van der Waals surface area contributed by atoms with E-state index in [2.05, 4.69) is 164 Å². The summed E-state index contributed by atoms with van der Waals surface area (Å²) in [6, 6.07) is 25.1. The Hall–Kier alpha value is -4.13. The molecule has 0 unspecified atom stereocenters. The minimum Gasteiger partial charge on any atom is -0.497 e. The maximum Gasteiger partial charge on any atom is 0.342 e. The average Bonchev–Trinajstić information content (AvgIpc) is 3.20. The molecule has 0 bridgehead atoms. The molecule has 0 spiro atoms. The maximum absolute atomic E-state index is 14.9. The van der Waals surface area contributed by atoms with Gasteiger partial charge in [-0.2, -0.15) is 0 Å². The Morgan fingerprint density at radius 3 is 2.02 bits per heavy atom. The summed E-state index contributed by atoms with van der Waals surface area (Å²) in [5, 5.41) is 5.79. The van der Waals surface area contributed by atoms with Crippen molar-refractivity contribution in [3.05, 3.63) is 119 Å². The van der Waals surface area contributed by atoms with Crippen LogP contribution in [0.15, 0.2) is 102 Å². The summed E-state index contributed by atoms with van der Waals surface area (Å²) >= 11 is 0. The van der Waals surface area contributed by atoms with Crippen molar-refractivity contribution >= 4 is 33.0 Å². The largest absolute Gasteiger partial charge is 0.497 e. The highest BCUT2D eigenvalue weighted by molar-refractivity contribution is 6.99. The molecule has 0 N–H and O–H groups in total. The number of esters is 1. The van der Waals surface area contributed by atoms with Gasteiger partial charge in [0, 0.05) is 29.9 Å². The summed E-state index contributed by atoms with van der Waals surface area (Å²) < 4.78 is 33.6. The van der Waals surface area contributed by atoms with Crippen molar-refractivity contribution in [3.63, 3.8) is 0 Å². The van der Waals surface area contributed by atoms with Crippen LogP contribution in [-0.2, 0) is 20.0 Å². The number of ether oxygens (including phenoxy) is 3. The molecule has 60 heavy (non-hydrogen) atoms. The number of carbonyl (C=O) groups is 1. The van der Waals surface area contributed by atoms with Crippen molar-refractivity contribution in [3.8, 4) is 11.5 Å². The third-order valence-corrected chi connectivity index (χ3v) is 22.3. The van der Waals surface area contributed by atoms with Crippen LogP contribution in [0.25, 0.3) is 10.4 Å². The third kappa shape index (κ3) is 11.6. The molecule has 0 aromatic heterocycles. The van der Waals surface area contributed by atoms with E-state index in [0.717, 1.165) is 18.4 Å². The average molecular weight is 854 g/mol. The van der Waals surface area contributed by atoms with Crippen LogP contribution in [-0.4, -0.2) is 61.7 Å². The zero-order valence-electron chi connectivity index (χ0n) is 38.5. The van der Waals surface area contributed by atoms with E-state index >= 15 is 0 Å². The fourth-order valence-corrected chi connectivity index (χ4v) is 14.4. The van der Waals surface area contributed by atoms with Gasteiger partial charge in [-0.3, -0.25) is 0 Å². The molecule has 0 aliphatic carbocycles. The van der Waals surface area contributed by atoms with Crippen molar-refractivity contribution < 1.29 is 27.9 Å². The quantitative estimate of drug-likeness (QED) is 0.0376. The number of hydrogen-bond acceptors (Lipinski definition) is 7. The van der Waals surface area contributed by atoms with Gasteiger partial charge >= 0.3 is 5.97 Å². The lowest BCUT2D eigenvalue weighted by atomic mass is 9.85. The number of benzene rings is 3. The Bertz CT molecular complexity index is 1910. The topological polar surface area (TPSA) is 112 Å². The number of cyclic esters (lactones) is 1. The summed E-state index contributed by atoms with van der Waals surface area (Å²) in [5.41, 5.74) is 9.92. The molecule has 0 saturated heterocycles. The van der Waals surface area contributed by atoms with Crippen molar-refractivity contribution in [2.75, 3.05) is 20.8 Å². The van der Waals surface area contributed by atoms with Gasteiger partial charge in [0.1, 0.15) is 23.2 Å². The zero-order chi connectivity index (χ0) is 44.3. The van der Waals surface area contributed by atoms with E-state index in [9.17, 15) is 4.79 Å². The Morgan fingerprint density at radius 1 is 0.883 bits per heavy atom. The maximum atomic E-state index is 14.9. The van der Waals surface area contributed by atoms with Gasteiger partial charge in [0.05, 0.1) is 26.4 Å². The third-order valence-electron chi connectivity index (χ3n) is 12.7. The number of allylic oxidation sites excluding steroid dienone is 2. The lowest BCUT2D eigenvalue weighted by molar-refractivity contribution is -0.0225. The van der Waals surface area contributed by atoms with Gasteiger partial charge in [-0.05, 0) is 81.8 Å². The standard InChI is InChI=1S/C49H71N3O6Si2/c1-35-24-20-21-30-42(37(3)46(58-59(12,13)48(4,5)6)36(2)25-22-23-31-51-52-50)56-47(53)45-38(32-39(54-10)34-44(45)55-11)33-43(35)57-60(49(7,8)9,40-26-16-14-17-27-40)41-28-18-15-19-29-41/h14-23,26-29,32,34-37,42-43,46H,24-25,30-31,33H2,1-13H3/b21-20-,23-22-/t35-,36+,37+,42-,43+,46+/m0/s1. The van der Waals surface area contributed by atoms with Crippen LogP contribution >= 0.6 is 0 Å². The number of nitrogens with zero attached hydrogens (tertiary/aromatic N) is 3. The van der Waals surface area contributed by atoms with Crippen molar-refractivity contribution in [1.29, 1.82) is 0 Å². The van der Waals surface area contributed by atoms with Crippen LogP contribution < -0.4 is 19.8 Å². The van der Waals surface area contributed by atoms with Crippen LogP contribution in [0.5, 0.6) is 11.5 Å². The first-order valence-corrected chi connectivity index (χ1v) is 26.4. The van der Waals surface area contributed by atoms with Crippen molar-refractivity contribution in [2.45, 2.75) is 129 Å². The fraction of sp³-hybridized carbons (Fsp3) is 0.531. The van der Waals surface area contributed by atoms with E-state index in [-0.39, 0.29) is 40.0 Å². The molecule has 1 aliphatic heterocycles. The second-order valence-corrected chi connectivity index (χ2v) is 28.1. The highest BCUT2D eigenvalue weighted by atomic mass is 28.4. The lowest BCUT2D eigenvalue weighted by Gasteiger charge is -2.46. The molecule has 0 saturated carbocycles. The molecule has 1 aliphatic rings. The second-order valence-electron chi connectivity index (χ2n) is 19.1. The van der Waals surface area contributed by atoms with Gasteiger partial charge in [-0.25, -0.2) is 4.79 Å². The first-order valence-electron chi connectivity index (χ1n) is 21.5. The van der Waals surface area contributed by atoms with E-state index in [1.54, 1.807) is 20.3 Å². The first kappa shape index (κ1) is 48.5. The monoisotopic (exact) mass is 853 g/mol. The van der Waals surface area contributed by atoms with Crippen molar-refractivity contribution in [1.82, 2.24) is 0 Å². The normalized spacial score (nSPS) is 20.4. The van der Waals surface area contributed by atoms with Crippen LogP contribution in [0.2, 0.25) is 23.2 Å². The van der Waals surface area contributed by atoms with E-state index in [1.165, 1.54) is 10.4 Å². The van der Waals surface area contributed by atoms with E-state index < -0.39 is 28.7 Å². The SMILES string of the molecule is COc1cc2c(c(OC)c1)C(=O)O[C@H]([C@@H](C)[C@H](O[Si](C)(C)C(C)(C)C)[C@H](C)C/C=C\CN=[N+]=[N-])C/C=C\C[C@H](C)[C@H](O[Si](c1ccccc1)(c1ccccc1)C(C)(C)C)C2. The predicted molar refractivity (Wildman–Crippen MR) is 251 cm³/mol. The summed E-state index contributed by atoms with van der Waals surface area (Å²) in [7, 11) is -2.04. The molecule has 6 atom stereocenters. The number of fused-ring (bicyclic) bond motifs is 1. The highest BCUT2D eigenvalue weighted by Crippen LogP contribution is 2.43.